The van der Waals surface area contributed by atoms with Crippen molar-refractivity contribution in [1.29, 1.82) is 0 Å². The van der Waals surface area contributed by atoms with E-state index >= 15 is 0 Å². The molecular weight excluding hydrogens is 196 g/mol. The second-order valence-corrected chi connectivity index (χ2v) is 3.40. The summed E-state index contributed by atoms with van der Waals surface area (Å²) in [6, 6.07) is 0. The lowest BCUT2D eigenvalue weighted by molar-refractivity contribution is -0.112. The zero-order valence-electron chi connectivity index (χ0n) is 5.20. The molecule has 0 aliphatic heterocycles. The van der Waals surface area contributed by atoms with Gasteiger partial charge >= 0.3 is 0 Å². The predicted molar refractivity (Wildman–Crippen MR) is 41.7 cm³/mol. The number of carbonyl (C=O) groups excluding carboxylic acids is 1. The Hall–Kier alpha value is -0.410. The average molecular weight is 203 g/mol. The number of aliphatic hydroxyl groups is 1. The summed E-state index contributed by atoms with van der Waals surface area (Å²) >= 11 is 3.01. The Labute approximate surface area is 67.4 Å². The number of aldehydes is 1. The van der Waals surface area contributed by atoms with E-state index in [-0.39, 0.29) is 0 Å². The summed E-state index contributed by atoms with van der Waals surface area (Å²) in [5.41, 5.74) is 0. The normalized spacial score (nSPS) is 38.0. The van der Waals surface area contributed by atoms with E-state index in [0.717, 1.165) is 0 Å². The van der Waals surface area contributed by atoms with Gasteiger partial charge in [0.25, 0.3) is 0 Å². The first-order chi connectivity index (χ1) is 4.67. The van der Waals surface area contributed by atoms with Gasteiger partial charge in [0.15, 0.2) is 4.51 Å². The van der Waals surface area contributed by atoms with Gasteiger partial charge in [-0.2, -0.15) is 0 Å². The lowest BCUT2D eigenvalue weighted by atomic mass is 9.99. The number of alkyl halides is 1. The molecule has 0 heterocycles. The van der Waals surface area contributed by atoms with Gasteiger partial charge in [0, 0.05) is 0 Å². The van der Waals surface area contributed by atoms with Crippen molar-refractivity contribution < 1.29 is 9.90 Å². The quantitative estimate of drug-likeness (QED) is 0.510. The van der Waals surface area contributed by atoms with E-state index < -0.39 is 10.4 Å². The Morgan fingerprint density at radius 2 is 2.30 bits per heavy atom. The monoisotopic (exact) mass is 202 g/mol. The molecule has 1 aliphatic rings. The second-order valence-electron chi connectivity index (χ2n) is 2.13. The van der Waals surface area contributed by atoms with E-state index in [1.807, 2.05) is 0 Å². The zero-order chi connectivity index (χ0) is 7.61. The number of hydrogen-bond acceptors (Lipinski definition) is 2. The number of hydrogen-bond donors (Lipinski definition) is 1. The molecule has 2 unspecified atom stereocenters. The van der Waals surface area contributed by atoms with Crippen LogP contribution in [0.15, 0.2) is 24.3 Å². The molecule has 0 amide bonds. The van der Waals surface area contributed by atoms with Gasteiger partial charge in [-0.1, -0.05) is 18.2 Å². The lowest BCUT2D eigenvalue weighted by Crippen LogP contribution is -2.29. The molecule has 1 N–H and O–H groups in total. The van der Waals surface area contributed by atoms with Crippen LogP contribution < -0.4 is 0 Å². The largest absolute Gasteiger partial charge is 0.374 e. The Kier molecular flexibility index (Phi) is 2.06. The second kappa shape index (κ2) is 2.68. The summed E-state index contributed by atoms with van der Waals surface area (Å²) < 4.78 is -1.18. The molecule has 0 radical (unpaired) electrons. The first-order valence-corrected chi connectivity index (χ1v) is 3.69. The highest BCUT2D eigenvalue weighted by molar-refractivity contribution is 9.10. The van der Waals surface area contributed by atoms with Crippen LogP contribution in [-0.2, 0) is 4.79 Å². The predicted octanol–water partition coefficient (Wildman–Crippen LogP) is 1.01. The molecule has 0 aromatic heterocycles. The summed E-state index contributed by atoms with van der Waals surface area (Å²) in [5, 5.41) is 9.38. The third-order valence-electron chi connectivity index (χ3n) is 1.37. The van der Waals surface area contributed by atoms with Crippen LogP contribution >= 0.6 is 15.9 Å². The molecule has 3 heteroatoms. The highest BCUT2D eigenvalue weighted by Gasteiger charge is 2.30. The summed E-state index contributed by atoms with van der Waals surface area (Å²) in [5.74, 6) is -0.475. The molecule has 2 nitrogen and oxygen atoms in total. The van der Waals surface area contributed by atoms with E-state index in [9.17, 15) is 9.90 Å². The Balaban J connectivity index is 2.84. The van der Waals surface area contributed by atoms with Crippen molar-refractivity contribution in [2.75, 3.05) is 0 Å². The molecule has 1 rings (SSSR count). The maximum atomic E-state index is 10.3. The molecular formula is C7H7BrO2. The molecule has 0 aromatic carbocycles. The summed E-state index contributed by atoms with van der Waals surface area (Å²) in [6.07, 6.45) is 7.30. The van der Waals surface area contributed by atoms with Gasteiger partial charge in [-0.3, -0.25) is 0 Å². The van der Waals surface area contributed by atoms with Crippen molar-refractivity contribution >= 4 is 22.2 Å². The van der Waals surface area contributed by atoms with Crippen molar-refractivity contribution in [2.24, 2.45) is 5.92 Å². The van der Waals surface area contributed by atoms with Gasteiger partial charge in [-0.25, -0.2) is 0 Å². The Morgan fingerprint density at radius 1 is 1.60 bits per heavy atom. The Bertz CT molecular complexity index is 194. The smallest absolute Gasteiger partial charge is 0.151 e. The minimum absolute atomic E-state index is 0.475. The lowest BCUT2D eigenvalue weighted by Gasteiger charge is -2.22. The molecule has 0 fully saturated rings. The number of allylic oxidation sites excluding steroid dienone is 2. The van der Waals surface area contributed by atoms with Crippen LogP contribution in [0.5, 0.6) is 0 Å². The van der Waals surface area contributed by atoms with E-state index in [1.165, 1.54) is 6.08 Å². The van der Waals surface area contributed by atoms with Crippen molar-refractivity contribution in [2.45, 2.75) is 4.51 Å². The molecule has 2 atom stereocenters. The van der Waals surface area contributed by atoms with E-state index in [2.05, 4.69) is 15.9 Å². The van der Waals surface area contributed by atoms with Gasteiger partial charge in [-0.15, -0.1) is 0 Å². The van der Waals surface area contributed by atoms with Crippen molar-refractivity contribution in [3.05, 3.63) is 24.3 Å². The molecule has 0 aromatic rings. The molecule has 0 saturated heterocycles. The fourth-order valence-electron chi connectivity index (χ4n) is 0.761. The fourth-order valence-corrected chi connectivity index (χ4v) is 1.17. The van der Waals surface area contributed by atoms with Crippen LogP contribution in [0.4, 0.5) is 0 Å². The number of carbonyl (C=O) groups is 1. The van der Waals surface area contributed by atoms with Crippen LogP contribution in [0, 0.1) is 5.92 Å². The standard InChI is InChI=1S/C7H7BrO2/c8-7(10)4-2-1-3-6(7)5-9/h1-6,10H. The van der Waals surface area contributed by atoms with Crippen LogP contribution in [0.2, 0.25) is 0 Å². The third kappa shape index (κ3) is 1.36. The highest BCUT2D eigenvalue weighted by Crippen LogP contribution is 2.28. The maximum Gasteiger partial charge on any atom is 0.151 e. The van der Waals surface area contributed by atoms with Gasteiger partial charge in [0.1, 0.15) is 6.29 Å². The summed E-state index contributed by atoms with van der Waals surface area (Å²) in [4.78, 5) is 10.3. The maximum absolute atomic E-state index is 10.3. The molecule has 54 valence electrons. The van der Waals surface area contributed by atoms with E-state index in [0.29, 0.717) is 6.29 Å². The van der Waals surface area contributed by atoms with Crippen LogP contribution in [-0.4, -0.2) is 15.9 Å². The molecule has 1 aliphatic carbocycles. The molecule has 0 saturated carbocycles. The summed E-state index contributed by atoms with van der Waals surface area (Å²) in [6.45, 7) is 0. The van der Waals surface area contributed by atoms with Gasteiger partial charge in [0.2, 0.25) is 0 Å². The van der Waals surface area contributed by atoms with E-state index in [1.54, 1.807) is 18.2 Å². The number of halogens is 1. The first kappa shape index (κ1) is 7.69. The SMILES string of the molecule is O=CC1C=CC=CC1(O)Br. The minimum atomic E-state index is -1.18. The van der Waals surface area contributed by atoms with E-state index in [4.69, 9.17) is 0 Å². The highest BCUT2D eigenvalue weighted by atomic mass is 79.9. The average Bonchev–Trinajstić information content (AvgIpc) is 1.87. The van der Waals surface area contributed by atoms with Crippen molar-refractivity contribution in [3.8, 4) is 0 Å². The van der Waals surface area contributed by atoms with Gasteiger partial charge in [-0.05, 0) is 22.0 Å². The third-order valence-corrected chi connectivity index (χ3v) is 2.17. The number of rotatable bonds is 1. The van der Waals surface area contributed by atoms with Crippen LogP contribution in [0.1, 0.15) is 0 Å². The minimum Gasteiger partial charge on any atom is -0.374 e. The molecule has 0 spiro atoms. The topological polar surface area (TPSA) is 37.3 Å². The fraction of sp³-hybridized carbons (Fsp3) is 0.286. The zero-order valence-corrected chi connectivity index (χ0v) is 6.78. The van der Waals surface area contributed by atoms with Gasteiger partial charge in [0.05, 0.1) is 5.92 Å². The van der Waals surface area contributed by atoms with Crippen molar-refractivity contribution in [3.63, 3.8) is 0 Å². The van der Waals surface area contributed by atoms with Gasteiger partial charge < -0.3 is 9.90 Å². The Morgan fingerprint density at radius 3 is 2.70 bits per heavy atom. The van der Waals surface area contributed by atoms with Crippen LogP contribution in [0.3, 0.4) is 0 Å². The van der Waals surface area contributed by atoms with Crippen molar-refractivity contribution in [1.82, 2.24) is 0 Å². The molecule has 0 bridgehead atoms. The molecule has 10 heavy (non-hydrogen) atoms. The first-order valence-electron chi connectivity index (χ1n) is 2.89. The summed E-state index contributed by atoms with van der Waals surface area (Å²) in [7, 11) is 0. The van der Waals surface area contributed by atoms with Crippen LogP contribution in [0.25, 0.3) is 0 Å².